The van der Waals surface area contributed by atoms with Gasteiger partial charge < -0.3 is 5.32 Å². The minimum Gasteiger partial charge on any atom is -0.340 e. The molecule has 2 aromatic rings. The van der Waals surface area contributed by atoms with Crippen LogP contribution in [0.4, 0.5) is 8.78 Å². The molecular weight excluding hydrogens is 356 g/mol. The number of hydrazine groups is 1. The van der Waals surface area contributed by atoms with E-state index in [0.29, 0.717) is 0 Å². The molecule has 2 rings (SSSR count). The van der Waals surface area contributed by atoms with Gasteiger partial charge in [0.25, 0.3) is 17.7 Å². The van der Waals surface area contributed by atoms with Crippen molar-refractivity contribution in [1.82, 2.24) is 16.2 Å². The molecule has 6 nitrogen and oxygen atoms in total. The molecule has 142 valence electrons. The Hall–Kier alpha value is -3.29. The lowest BCUT2D eigenvalue weighted by molar-refractivity contribution is -0.124. The van der Waals surface area contributed by atoms with Gasteiger partial charge in [0.2, 0.25) is 0 Å². The zero-order chi connectivity index (χ0) is 20.0. The van der Waals surface area contributed by atoms with Gasteiger partial charge >= 0.3 is 0 Å². The van der Waals surface area contributed by atoms with Crippen molar-refractivity contribution < 1.29 is 23.2 Å². The summed E-state index contributed by atoms with van der Waals surface area (Å²) in [5.74, 6) is -3.05. The molecule has 3 amide bonds. The summed E-state index contributed by atoms with van der Waals surface area (Å²) in [6, 6.07) is 8.74. The predicted molar refractivity (Wildman–Crippen MR) is 94.5 cm³/mol. The molecule has 2 aromatic carbocycles. The van der Waals surface area contributed by atoms with Gasteiger partial charge in [0.1, 0.15) is 17.7 Å². The lowest BCUT2D eigenvalue weighted by atomic mass is 10.0. The van der Waals surface area contributed by atoms with Crippen LogP contribution in [0.1, 0.15) is 34.6 Å². The van der Waals surface area contributed by atoms with E-state index in [9.17, 15) is 23.2 Å². The van der Waals surface area contributed by atoms with Crippen LogP contribution in [-0.2, 0) is 4.79 Å². The van der Waals surface area contributed by atoms with Gasteiger partial charge in [-0.25, -0.2) is 8.78 Å². The maximum absolute atomic E-state index is 13.0. The fourth-order valence-electron chi connectivity index (χ4n) is 2.23. The number of nitrogens with one attached hydrogen (secondary N) is 3. The third-order valence-corrected chi connectivity index (χ3v) is 3.75. The van der Waals surface area contributed by atoms with Crippen LogP contribution in [0.25, 0.3) is 0 Å². The van der Waals surface area contributed by atoms with Crippen LogP contribution in [0.5, 0.6) is 0 Å². The summed E-state index contributed by atoms with van der Waals surface area (Å²) in [4.78, 5) is 36.5. The van der Waals surface area contributed by atoms with Crippen molar-refractivity contribution in [2.75, 3.05) is 0 Å². The lowest BCUT2D eigenvalue weighted by Crippen LogP contribution is -2.54. The average molecular weight is 375 g/mol. The van der Waals surface area contributed by atoms with E-state index in [1.54, 1.807) is 13.8 Å². The minimum atomic E-state index is -0.934. The Morgan fingerprint density at radius 1 is 0.741 bits per heavy atom. The van der Waals surface area contributed by atoms with Gasteiger partial charge in [0, 0.05) is 11.1 Å². The Morgan fingerprint density at radius 2 is 1.19 bits per heavy atom. The van der Waals surface area contributed by atoms with Gasteiger partial charge in [-0.05, 0) is 54.4 Å². The molecule has 0 fully saturated rings. The normalized spacial score (nSPS) is 11.6. The minimum absolute atomic E-state index is 0.160. The highest BCUT2D eigenvalue weighted by Crippen LogP contribution is 2.07. The largest absolute Gasteiger partial charge is 0.340 e. The molecule has 0 aliphatic carbocycles. The van der Waals surface area contributed by atoms with Crippen molar-refractivity contribution in [3.05, 3.63) is 71.3 Å². The van der Waals surface area contributed by atoms with Crippen molar-refractivity contribution in [2.45, 2.75) is 19.9 Å². The number of benzene rings is 2. The number of hydrogen-bond donors (Lipinski definition) is 3. The highest BCUT2D eigenvalue weighted by molar-refractivity contribution is 5.99. The Bertz CT molecular complexity index is 821. The Kier molecular flexibility index (Phi) is 6.59. The molecule has 0 bridgehead atoms. The van der Waals surface area contributed by atoms with Crippen LogP contribution >= 0.6 is 0 Å². The highest BCUT2D eigenvalue weighted by Gasteiger charge is 2.25. The number of rotatable bonds is 5. The zero-order valence-corrected chi connectivity index (χ0v) is 14.8. The first kappa shape index (κ1) is 20.0. The second-order valence-corrected chi connectivity index (χ2v) is 6.15. The van der Waals surface area contributed by atoms with Crippen LogP contribution in [0.3, 0.4) is 0 Å². The van der Waals surface area contributed by atoms with E-state index in [-0.39, 0.29) is 17.0 Å². The number of carbonyl (C=O) groups is 3. The molecule has 0 aromatic heterocycles. The first-order chi connectivity index (χ1) is 12.8. The Labute approximate surface area is 154 Å². The third-order valence-electron chi connectivity index (χ3n) is 3.75. The van der Waals surface area contributed by atoms with Crippen LogP contribution in [0.2, 0.25) is 0 Å². The molecule has 0 unspecified atom stereocenters. The van der Waals surface area contributed by atoms with Crippen molar-refractivity contribution in [1.29, 1.82) is 0 Å². The molecular formula is C19H19F2N3O3. The summed E-state index contributed by atoms with van der Waals surface area (Å²) in [5.41, 5.74) is 4.81. The molecule has 8 heteroatoms. The van der Waals surface area contributed by atoms with E-state index in [4.69, 9.17) is 0 Å². The molecule has 3 N–H and O–H groups in total. The standard InChI is InChI=1S/C19H19F2N3O3/c1-11(2)16(22-17(25)12-3-7-14(20)8-4-12)19(27)24-23-18(26)13-5-9-15(21)10-6-13/h3-11,16H,1-2H3,(H,22,25)(H,23,26)(H,24,27)/t16-/m0/s1. The number of amides is 3. The van der Waals surface area contributed by atoms with Crippen molar-refractivity contribution in [2.24, 2.45) is 5.92 Å². The molecule has 0 saturated heterocycles. The number of hydrogen-bond acceptors (Lipinski definition) is 3. The number of carbonyl (C=O) groups excluding carboxylic acids is 3. The van der Waals surface area contributed by atoms with E-state index in [0.717, 1.165) is 24.3 Å². The second kappa shape index (κ2) is 8.88. The predicted octanol–water partition coefficient (Wildman–Crippen LogP) is 2.18. The topological polar surface area (TPSA) is 87.3 Å². The maximum Gasteiger partial charge on any atom is 0.269 e. The molecule has 0 saturated carbocycles. The first-order valence-corrected chi connectivity index (χ1v) is 8.20. The molecule has 27 heavy (non-hydrogen) atoms. The van der Waals surface area contributed by atoms with Gasteiger partial charge in [-0.1, -0.05) is 13.8 Å². The van der Waals surface area contributed by atoms with E-state index in [1.165, 1.54) is 24.3 Å². The maximum atomic E-state index is 13.0. The first-order valence-electron chi connectivity index (χ1n) is 8.20. The van der Waals surface area contributed by atoms with Gasteiger partial charge in [-0.15, -0.1) is 0 Å². The van der Waals surface area contributed by atoms with Gasteiger partial charge in [0.15, 0.2) is 0 Å². The summed E-state index contributed by atoms with van der Waals surface area (Å²) in [7, 11) is 0. The highest BCUT2D eigenvalue weighted by atomic mass is 19.1. The van der Waals surface area contributed by atoms with Crippen LogP contribution in [-0.4, -0.2) is 23.8 Å². The summed E-state index contributed by atoms with van der Waals surface area (Å²) < 4.78 is 25.8. The summed E-state index contributed by atoms with van der Waals surface area (Å²) in [6.45, 7) is 3.44. The van der Waals surface area contributed by atoms with E-state index in [2.05, 4.69) is 16.2 Å². The molecule has 0 spiro atoms. The van der Waals surface area contributed by atoms with Crippen molar-refractivity contribution in [3.8, 4) is 0 Å². The van der Waals surface area contributed by atoms with Crippen LogP contribution in [0.15, 0.2) is 48.5 Å². The Morgan fingerprint density at radius 3 is 1.63 bits per heavy atom. The average Bonchev–Trinajstić information content (AvgIpc) is 2.64. The Balaban J connectivity index is 1.97. The fourth-order valence-corrected chi connectivity index (χ4v) is 2.23. The molecule has 0 aliphatic heterocycles. The quantitative estimate of drug-likeness (QED) is 0.700. The molecule has 1 atom stereocenters. The fraction of sp³-hybridized carbons (Fsp3) is 0.211. The van der Waals surface area contributed by atoms with Crippen LogP contribution in [0, 0.1) is 17.6 Å². The molecule has 0 radical (unpaired) electrons. The SMILES string of the molecule is CC(C)[C@H](NC(=O)c1ccc(F)cc1)C(=O)NNC(=O)c1ccc(F)cc1. The third kappa shape index (κ3) is 5.60. The van der Waals surface area contributed by atoms with E-state index >= 15 is 0 Å². The van der Waals surface area contributed by atoms with Crippen molar-refractivity contribution in [3.63, 3.8) is 0 Å². The molecule has 0 heterocycles. The van der Waals surface area contributed by atoms with E-state index < -0.39 is 35.4 Å². The zero-order valence-electron chi connectivity index (χ0n) is 14.8. The van der Waals surface area contributed by atoms with Crippen LogP contribution < -0.4 is 16.2 Å². The van der Waals surface area contributed by atoms with E-state index in [1.807, 2.05) is 0 Å². The summed E-state index contributed by atoms with van der Waals surface area (Å²) in [6.07, 6.45) is 0. The van der Waals surface area contributed by atoms with Crippen molar-refractivity contribution >= 4 is 17.7 Å². The summed E-state index contributed by atoms with van der Waals surface area (Å²) >= 11 is 0. The van der Waals surface area contributed by atoms with Gasteiger partial charge in [-0.3, -0.25) is 25.2 Å². The second-order valence-electron chi connectivity index (χ2n) is 6.15. The smallest absolute Gasteiger partial charge is 0.269 e. The summed E-state index contributed by atoms with van der Waals surface area (Å²) in [5, 5.41) is 2.55. The number of halogens is 2. The van der Waals surface area contributed by atoms with Gasteiger partial charge in [-0.2, -0.15) is 0 Å². The van der Waals surface area contributed by atoms with Gasteiger partial charge in [0.05, 0.1) is 0 Å². The monoisotopic (exact) mass is 375 g/mol. The lowest BCUT2D eigenvalue weighted by Gasteiger charge is -2.22. The molecule has 0 aliphatic rings.